The van der Waals surface area contributed by atoms with Crippen LogP contribution in [0.5, 0.6) is 0 Å². The Kier molecular flexibility index (Phi) is 3.05. The molecule has 1 heterocycles. The second-order valence-electron chi connectivity index (χ2n) is 4.97. The van der Waals surface area contributed by atoms with Crippen LogP contribution in [0.3, 0.4) is 0 Å². The van der Waals surface area contributed by atoms with Gasteiger partial charge in [0.15, 0.2) is 0 Å². The van der Waals surface area contributed by atoms with Gasteiger partial charge in [-0.3, -0.25) is 4.79 Å². The van der Waals surface area contributed by atoms with Crippen LogP contribution in [0.2, 0.25) is 0 Å². The summed E-state index contributed by atoms with van der Waals surface area (Å²) in [6.07, 6.45) is 0. The lowest BCUT2D eigenvalue weighted by Gasteiger charge is -2.22. The summed E-state index contributed by atoms with van der Waals surface area (Å²) >= 11 is 1.50. The van der Waals surface area contributed by atoms with Crippen molar-refractivity contribution in [3.05, 3.63) is 59.9 Å². The van der Waals surface area contributed by atoms with Gasteiger partial charge in [0.1, 0.15) is 10.6 Å². The smallest absolute Gasteiger partial charge is 0.247 e. The van der Waals surface area contributed by atoms with Crippen molar-refractivity contribution in [2.75, 3.05) is 11.9 Å². The second-order valence-corrected chi connectivity index (χ2v) is 6.47. The Labute approximate surface area is 121 Å². The Balaban J connectivity index is 2.08. The van der Waals surface area contributed by atoms with Crippen molar-refractivity contribution >= 4 is 23.4 Å². The van der Waals surface area contributed by atoms with Crippen LogP contribution in [0.15, 0.2) is 53.4 Å². The maximum atomic E-state index is 13.4. The summed E-state index contributed by atoms with van der Waals surface area (Å²) < 4.78 is 12.7. The minimum atomic E-state index is -0.709. The van der Waals surface area contributed by atoms with E-state index in [1.54, 1.807) is 13.1 Å². The zero-order valence-corrected chi connectivity index (χ0v) is 12.1. The van der Waals surface area contributed by atoms with Crippen LogP contribution in [-0.4, -0.2) is 13.0 Å². The highest BCUT2D eigenvalue weighted by Gasteiger charge is 2.47. The van der Waals surface area contributed by atoms with Crippen LogP contribution < -0.4 is 4.90 Å². The average Bonchev–Trinajstić information content (AvgIpc) is 2.62. The van der Waals surface area contributed by atoms with Gasteiger partial charge in [-0.15, -0.1) is 11.8 Å². The predicted octanol–water partition coefficient (Wildman–Crippen LogP) is 3.81. The van der Waals surface area contributed by atoms with Gasteiger partial charge in [0.05, 0.1) is 5.69 Å². The van der Waals surface area contributed by atoms with Crippen molar-refractivity contribution in [2.24, 2.45) is 0 Å². The van der Waals surface area contributed by atoms with Gasteiger partial charge < -0.3 is 4.90 Å². The molecule has 0 saturated heterocycles. The third kappa shape index (κ3) is 1.91. The Morgan fingerprint density at radius 2 is 1.85 bits per heavy atom. The third-order valence-corrected chi connectivity index (χ3v) is 4.92. The maximum Gasteiger partial charge on any atom is 0.247 e. The van der Waals surface area contributed by atoms with E-state index < -0.39 is 4.75 Å². The topological polar surface area (TPSA) is 20.3 Å². The van der Waals surface area contributed by atoms with E-state index >= 15 is 0 Å². The lowest BCUT2D eigenvalue weighted by atomic mass is 10.0. The number of rotatable bonds is 2. The van der Waals surface area contributed by atoms with Crippen molar-refractivity contribution in [3.8, 4) is 0 Å². The highest BCUT2D eigenvalue weighted by molar-refractivity contribution is 8.01. The van der Waals surface area contributed by atoms with Crippen molar-refractivity contribution in [3.63, 3.8) is 0 Å². The lowest BCUT2D eigenvalue weighted by Crippen LogP contribution is -2.33. The number of hydrogen-bond donors (Lipinski definition) is 0. The minimum absolute atomic E-state index is 0.0213. The number of thioether (sulfide) groups is 1. The molecule has 0 spiro atoms. The molecule has 0 aliphatic carbocycles. The van der Waals surface area contributed by atoms with Crippen LogP contribution in [0.4, 0.5) is 10.1 Å². The molecule has 1 unspecified atom stereocenters. The summed E-state index contributed by atoms with van der Waals surface area (Å²) in [5.41, 5.74) is 1.51. The summed E-state index contributed by atoms with van der Waals surface area (Å²) in [6, 6.07) is 14.3. The molecule has 4 heteroatoms. The summed E-state index contributed by atoms with van der Waals surface area (Å²) in [4.78, 5) is 15.1. The molecule has 0 radical (unpaired) electrons. The number of benzene rings is 2. The molecule has 2 aromatic rings. The van der Waals surface area contributed by atoms with E-state index in [0.717, 1.165) is 10.5 Å². The first-order valence-corrected chi connectivity index (χ1v) is 7.16. The van der Waals surface area contributed by atoms with Gasteiger partial charge in [0, 0.05) is 17.5 Å². The first kappa shape index (κ1) is 13.2. The van der Waals surface area contributed by atoms with Crippen LogP contribution in [0.1, 0.15) is 12.5 Å². The molecule has 3 rings (SSSR count). The number of carbonyl (C=O) groups is 1. The molecule has 0 fully saturated rings. The van der Waals surface area contributed by atoms with Crippen LogP contribution >= 0.6 is 11.8 Å². The zero-order chi connectivity index (χ0) is 14.3. The molecule has 2 nitrogen and oxygen atoms in total. The van der Waals surface area contributed by atoms with Crippen LogP contribution in [0.25, 0.3) is 0 Å². The summed E-state index contributed by atoms with van der Waals surface area (Å²) in [7, 11) is 1.69. The molecule has 102 valence electrons. The largest absolute Gasteiger partial charge is 0.314 e. The highest BCUT2D eigenvalue weighted by Crippen LogP contribution is 2.50. The molecule has 0 aromatic heterocycles. The van der Waals surface area contributed by atoms with Gasteiger partial charge in [0.2, 0.25) is 5.91 Å². The van der Waals surface area contributed by atoms with Gasteiger partial charge >= 0.3 is 0 Å². The fourth-order valence-corrected chi connectivity index (χ4v) is 3.82. The van der Waals surface area contributed by atoms with Gasteiger partial charge in [-0.25, -0.2) is 4.39 Å². The van der Waals surface area contributed by atoms with E-state index in [1.807, 2.05) is 37.3 Å². The molecule has 1 amide bonds. The SMILES string of the molecule is CN1C(=O)C(C)(Sc2ccccc2)c2ccc(F)cc21. The molecule has 2 aromatic carbocycles. The zero-order valence-electron chi connectivity index (χ0n) is 11.3. The summed E-state index contributed by atoms with van der Waals surface area (Å²) in [5.74, 6) is -0.343. The monoisotopic (exact) mass is 287 g/mol. The first-order chi connectivity index (χ1) is 9.52. The van der Waals surface area contributed by atoms with Crippen molar-refractivity contribution in [2.45, 2.75) is 16.6 Å². The van der Waals surface area contributed by atoms with E-state index in [4.69, 9.17) is 0 Å². The Morgan fingerprint density at radius 1 is 1.15 bits per heavy atom. The second kappa shape index (κ2) is 4.63. The Hall–Kier alpha value is -1.81. The number of hydrogen-bond acceptors (Lipinski definition) is 2. The number of nitrogens with zero attached hydrogens (tertiary/aromatic N) is 1. The lowest BCUT2D eigenvalue weighted by molar-refractivity contribution is -0.119. The number of anilines is 1. The number of fused-ring (bicyclic) bond motifs is 1. The van der Waals surface area contributed by atoms with E-state index in [0.29, 0.717) is 5.69 Å². The average molecular weight is 287 g/mol. The van der Waals surface area contributed by atoms with E-state index in [1.165, 1.54) is 28.8 Å². The van der Waals surface area contributed by atoms with E-state index in [9.17, 15) is 9.18 Å². The van der Waals surface area contributed by atoms with Crippen molar-refractivity contribution < 1.29 is 9.18 Å². The molecule has 0 N–H and O–H groups in total. The molecule has 0 bridgehead atoms. The molecule has 1 aliphatic heterocycles. The minimum Gasteiger partial charge on any atom is -0.314 e. The molecular formula is C16H14FNOS. The van der Waals surface area contributed by atoms with Crippen molar-refractivity contribution in [1.29, 1.82) is 0 Å². The fourth-order valence-electron chi connectivity index (χ4n) is 2.55. The highest BCUT2D eigenvalue weighted by atomic mass is 32.2. The Morgan fingerprint density at radius 3 is 2.55 bits per heavy atom. The molecule has 20 heavy (non-hydrogen) atoms. The van der Waals surface area contributed by atoms with Gasteiger partial charge in [0.25, 0.3) is 0 Å². The summed E-state index contributed by atoms with van der Waals surface area (Å²) in [6.45, 7) is 1.90. The standard InChI is InChI=1S/C16H14FNOS/c1-16(20-12-6-4-3-5-7-12)13-9-8-11(17)10-14(13)18(2)15(16)19/h3-10H,1-2H3. The molecule has 1 aliphatic rings. The Bertz CT molecular complexity index is 673. The van der Waals surface area contributed by atoms with Gasteiger partial charge in [-0.1, -0.05) is 24.3 Å². The molecule has 0 saturated carbocycles. The van der Waals surface area contributed by atoms with E-state index in [2.05, 4.69) is 0 Å². The normalized spacial score (nSPS) is 21.1. The fraction of sp³-hybridized carbons (Fsp3) is 0.188. The number of amides is 1. The number of likely N-dealkylation sites (N-methyl/N-ethyl adjacent to an activating group) is 1. The maximum absolute atomic E-state index is 13.4. The van der Waals surface area contributed by atoms with Crippen LogP contribution in [0, 0.1) is 5.82 Å². The molecule has 1 atom stereocenters. The summed E-state index contributed by atoms with van der Waals surface area (Å²) in [5, 5.41) is 0. The quantitative estimate of drug-likeness (QED) is 0.837. The van der Waals surface area contributed by atoms with Gasteiger partial charge in [-0.2, -0.15) is 0 Å². The first-order valence-electron chi connectivity index (χ1n) is 6.34. The third-order valence-electron chi connectivity index (χ3n) is 3.61. The number of carbonyl (C=O) groups excluding carboxylic acids is 1. The van der Waals surface area contributed by atoms with Crippen LogP contribution in [-0.2, 0) is 9.54 Å². The van der Waals surface area contributed by atoms with E-state index in [-0.39, 0.29) is 11.7 Å². The van der Waals surface area contributed by atoms with Crippen molar-refractivity contribution in [1.82, 2.24) is 0 Å². The number of halogens is 1. The van der Waals surface area contributed by atoms with Gasteiger partial charge in [-0.05, 0) is 31.2 Å². The predicted molar refractivity (Wildman–Crippen MR) is 79.5 cm³/mol. The molecular weight excluding hydrogens is 273 g/mol.